The largest absolute Gasteiger partial charge is 0.321 e. The first-order valence-corrected chi connectivity index (χ1v) is 9.57. The Balaban J connectivity index is 1.90. The molecule has 1 heterocycles. The first-order chi connectivity index (χ1) is 11.8. The lowest BCUT2D eigenvalue weighted by Crippen LogP contribution is -2.29. The summed E-state index contributed by atoms with van der Waals surface area (Å²) >= 11 is 11.9. The maximum absolute atomic E-state index is 12.4. The van der Waals surface area contributed by atoms with Crippen molar-refractivity contribution in [1.29, 1.82) is 0 Å². The highest BCUT2D eigenvalue weighted by molar-refractivity contribution is 7.94. The van der Waals surface area contributed by atoms with Crippen LogP contribution >= 0.6 is 23.2 Å². The lowest BCUT2D eigenvalue weighted by atomic mass is 10.1. The second-order valence-electron chi connectivity index (χ2n) is 5.35. The highest BCUT2D eigenvalue weighted by atomic mass is 35.5. The number of nitrogens with one attached hydrogen (secondary N) is 1. The number of carbonyl (C=O) groups is 2. The van der Waals surface area contributed by atoms with Crippen LogP contribution in [0.3, 0.4) is 0 Å². The number of amides is 2. The Labute approximate surface area is 154 Å². The van der Waals surface area contributed by atoms with Crippen molar-refractivity contribution in [3.05, 3.63) is 58.1 Å². The maximum atomic E-state index is 12.4. The Bertz CT molecular complexity index is 976. The van der Waals surface area contributed by atoms with Crippen molar-refractivity contribution in [3.63, 3.8) is 0 Å². The van der Waals surface area contributed by atoms with Gasteiger partial charge in [-0.3, -0.25) is 9.59 Å². The normalized spacial score (nSPS) is 16.1. The number of anilines is 2. The van der Waals surface area contributed by atoms with Gasteiger partial charge in [0.2, 0.25) is 15.9 Å². The second-order valence-corrected chi connectivity index (χ2v) is 8.13. The molecule has 3 rings (SSSR count). The molecule has 1 N–H and O–H groups in total. The van der Waals surface area contributed by atoms with Crippen LogP contribution in [0.1, 0.15) is 16.8 Å². The van der Waals surface area contributed by atoms with Crippen LogP contribution in [0.4, 0.5) is 11.4 Å². The van der Waals surface area contributed by atoms with Crippen LogP contribution in [-0.2, 0) is 14.8 Å². The van der Waals surface area contributed by atoms with E-state index in [1.165, 1.54) is 30.3 Å². The number of carbonyl (C=O) groups excluding carboxylic acids is 2. The highest BCUT2D eigenvalue weighted by Crippen LogP contribution is 2.28. The van der Waals surface area contributed by atoms with Crippen molar-refractivity contribution < 1.29 is 18.0 Å². The van der Waals surface area contributed by atoms with Gasteiger partial charge in [0.25, 0.3) is 5.91 Å². The zero-order valence-electron chi connectivity index (χ0n) is 12.7. The summed E-state index contributed by atoms with van der Waals surface area (Å²) in [5.41, 5.74) is 0.644. The number of halogens is 2. The van der Waals surface area contributed by atoms with Gasteiger partial charge in [0, 0.05) is 17.0 Å². The quantitative estimate of drug-likeness (QED) is 0.859. The molecule has 1 fully saturated rings. The summed E-state index contributed by atoms with van der Waals surface area (Å²) < 4.78 is 24.7. The fraction of sp³-hybridized carbons (Fsp3) is 0.125. The van der Waals surface area contributed by atoms with Crippen LogP contribution < -0.4 is 9.62 Å². The number of benzene rings is 2. The standard InChI is InChI=1S/C16H12Cl2N2O4S/c17-11-4-5-13(18)14(9-11)19-16(22)10-2-1-3-12(8-10)20-15(21)6-7-25(20,23)24/h1-5,8-9H,6-7H2,(H,19,22). The van der Waals surface area contributed by atoms with Crippen molar-refractivity contribution in [3.8, 4) is 0 Å². The molecule has 9 heteroatoms. The molecule has 2 amide bonds. The van der Waals surface area contributed by atoms with E-state index in [1.807, 2.05) is 0 Å². The van der Waals surface area contributed by atoms with Crippen molar-refractivity contribution in [1.82, 2.24) is 0 Å². The zero-order valence-corrected chi connectivity index (χ0v) is 15.0. The van der Waals surface area contributed by atoms with E-state index in [-0.39, 0.29) is 23.4 Å². The Hall–Kier alpha value is -2.09. The Kier molecular flexibility index (Phi) is 4.73. The number of sulfonamides is 1. The SMILES string of the molecule is O=C(Nc1cc(Cl)ccc1Cl)c1cccc(N2C(=O)CCS2(=O)=O)c1. The van der Waals surface area contributed by atoms with E-state index in [9.17, 15) is 18.0 Å². The van der Waals surface area contributed by atoms with E-state index in [1.54, 1.807) is 12.1 Å². The van der Waals surface area contributed by atoms with Crippen molar-refractivity contribution >= 4 is 56.4 Å². The first kappa shape index (κ1) is 17.7. The average Bonchev–Trinajstić information content (AvgIpc) is 2.84. The lowest BCUT2D eigenvalue weighted by Gasteiger charge is -2.16. The van der Waals surface area contributed by atoms with Crippen LogP contribution in [0.5, 0.6) is 0 Å². The van der Waals surface area contributed by atoms with Crippen LogP contribution in [-0.4, -0.2) is 26.0 Å². The van der Waals surface area contributed by atoms with Crippen LogP contribution in [0.2, 0.25) is 10.0 Å². The molecule has 0 saturated carbocycles. The fourth-order valence-electron chi connectivity index (χ4n) is 2.43. The highest BCUT2D eigenvalue weighted by Gasteiger charge is 2.36. The van der Waals surface area contributed by atoms with Gasteiger partial charge in [0.05, 0.1) is 22.2 Å². The number of rotatable bonds is 3. The summed E-state index contributed by atoms with van der Waals surface area (Å²) in [5.74, 6) is -1.26. The molecule has 1 saturated heterocycles. The topological polar surface area (TPSA) is 83.6 Å². The fourth-order valence-corrected chi connectivity index (χ4v) is 4.22. The van der Waals surface area contributed by atoms with Crippen molar-refractivity contribution in [2.45, 2.75) is 6.42 Å². The van der Waals surface area contributed by atoms with E-state index >= 15 is 0 Å². The Morgan fingerprint density at radius 1 is 1.12 bits per heavy atom. The third kappa shape index (κ3) is 3.63. The maximum Gasteiger partial charge on any atom is 0.255 e. The van der Waals surface area contributed by atoms with E-state index in [4.69, 9.17) is 23.2 Å². The van der Waals surface area contributed by atoms with Crippen LogP contribution in [0, 0.1) is 0 Å². The molecule has 0 radical (unpaired) electrons. The van der Waals surface area contributed by atoms with Gasteiger partial charge in [0.1, 0.15) is 0 Å². The molecule has 6 nitrogen and oxygen atoms in total. The number of hydrogen-bond acceptors (Lipinski definition) is 4. The minimum atomic E-state index is -3.69. The lowest BCUT2D eigenvalue weighted by molar-refractivity contribution is -0.116. The van der Waals surface area contributed by atoms with Gasteiger partial charge < -0.3 is 5.32 Å². The molecular weight excluding hydrogens is 387 g/mol. The molecule has 2 aromatic carbocycles. The number of nitrogens with zero attached hydrogens (tertiary/aromatic N) is 1. The molecule has 0 unspecified atom stereocenters. The molecule has 1 aliphatic rings. The summed E-state index contributed by atoms with van der Waals surface area (Å²) in [7, 11) is -3.69. The minimum absolute atomic E-state index is 0.0725. The summed E-state index contributed by atoms with van der Waals surface area (Å²) in [6, 6.07) is 10.4. The molecule has 1 aliphatic heterocycles. The van der Waals surface area contributed by atoms with Crippen molar-refractivity contribution in [2.24, 2.45) is 0 Å². The van der Waals surface area contributed by atoms with Gasteiger partial charge in [0.15, 0.2) is 0 Å². The predicted molar refractivity (Wildman–Crippen MR) is 96.7 cm³/mol. The number of hydrogen-bond donors (Lipinski definition) is 1. The van der Waals surface area contributed by atoms with Gasteiger partial charge >= 0.3 is 0 Å². The summed E-state index contributed by atoms with van der Waals surface area (Å²) in [6.45, 7) is 0. The first-order valence-electron chi connectivity index (χ1n) is 7.20. The van der Waals surface area contributed by atoms with Gasteiger partial charge in [-0.05, 0) is 36.4 Å². The van der Waals surface area contributed by atoms with Gasteiger partial charge in [-0.25, -0.2) is 12.7 Å². The van der Waals surface area contributed by atoms with E-state index in [0.717, 1.165) is 4.31 Å². The summed E-state index contributed by atoms with van der Waals surface area (Å²) in [6.07, 6.45) is -0.0725. The third-order valence-electron chi connectivity index (χ3n) is 3.60. The summed E-state index contributed by atoms with van der Waals surface area (Å²) in [4.78, 5) is 24.3. The molecule has 0 atom stereocenters. The van der Waals surface area contributed by atoms with Crippen molar-refractivity contribution in [2.75, 3.05) is 15.4 Å². The van der Waals surface area contributed by atoms with Crippen LogP contribution in [0.25, 0.3) is 0 Å². The molecule has 0 bridgehead atoms. The molecule has 0 aromatic heterocycles. The molecule has 0 spiro atoms. The third-order valence-corrected chi connectivity index (χ3v) is 5.85. The molecule has 2 aromatic rings. The monoisotopic (exact) mass is 398 g/mol. The second kappa shape index (κ2) is 6.67. The minimum Gasteiger partial charge on any atom is -0.321 e. The average molecular weight is 399 g/mol. The predicted octanol–water partition coefficient (Wildman–Crippen LogP) is 3.31. The van der Waals surface area contributed by atoms with Gasteiger partial charge in [-0.15, -0.1) is 0 Å². The van der Waals surface area contributed by atoms with Crippen LogP contribution in [0.15, 0.2) is 42.5 Å². The molecule has 0 aliphatic carbocycles. The molecule has 130 valence electrons. The zero-order chi connectivity index (χ0) is 18.2. The Morgan fingerprint density at radius 2 is 1.88 bits per heavy atom. The van der Waals surface area contributed by atoms with Gasteiger partial charge in [-0.2, -0.15) is 0 Å². The van der Waals surface area contributed by atoms with E-state index in [2.05, 4.69) is 5.32 Å². The summed E-state index contributed by atoms with van der Waals surface area (Å²) in [5, 5.41) is 3.32. The Morgan fingerprint density at radius 3 is 2.56 bits per heavy atom. The smallest absolute Gasteiger partial charge is 0.255 e. The molecule has 25 heavy (non-hydrogen) atoms. The van der Waals surface area contributed by atoms with E-state index < -0.39 is 21.8 Å². The van der Waals surface area contributed by atoms with E-state index in [0.29, 0.717) is 15.7 Å². The van der Waals surface area contributed by atoms with Gasteiger partial charge in [-0.1, -0.05) is 29.3 Å². The molecular formula is C16H12Cl2N2O4S.